The molecule has 9 heteroatoms. The van der Waals surface area contributed by atoms with Crippen molar-refractivity contribution < 1.29 is 41.0 Å². The Morgan fingerprint density at radius 3 is 2.11 bits per heavy atom. The lowest BCUT2D eigenvalue weighted by Crippen LogP contribution is -2.56. The van der Waals surface area contributed by atoms with Gasteiger partial charge in [0.1, 0.15) is 0 Å². The second-order valence-corrected chi connectivity index (χ2v) is 9.12. The maximum absolute atomic E-state index is 12.7. The first-order valence-corrected chi connectivity index (χ1v) is 9.96. The van der Waals surface area contributed by atoms with Crippen LogP contribution in [0.4, 0.5) is 26.3 Å². The second kappa shape index (κ2) is 6.51. The minimum Gasteiger partial charge on any atom is -0.465 e. The number of aliphatic hydroxyl groups is 1. The molecule has 1 N–H and O–H groups in total. The van der Waals surface area contributed by atoms with Gasteiger partial charge in [-0.1, -0.05) is 0 Å². The normalized spacial score (nSPS) is 39.5. The Labute approximate surface area is 158 Å². The molecule has 4 rings (SSSR count). The van der Waals surface area contributed by atoms with Gasteiger partial charge >= 0.3 is 18.3 Å². The number of esters is 1. The van der Waals surface area contributed by atoms with Crippen molar-refractivity contribution in [2.24, 2.45) is 41.4 Å². The smallest absolute Gasteiger partial charge is 0.426 e. The molecule has 4 aliphatic rings. The minimum atomic E-state index is -5.84. The van der Waals surface area contributed by atoms with Crippen molar-refractivity contribution in [2.45, 2.75) is 62.9 Å². The van der Waals surface area contributed by atoms with Crippen LogP contribution in [0, 0.1) is 41.4 Å². The zero-order valence-electron chi connectivity index (χ0n) is 15.2. The van der Waals surface area contributed by atoms with E-state index in [2.05, 4.69) is 0 Å². The number of carbonyl (C=O) groups excluding carboxylic acids is 1. The average Bonchev–Trinajstić information content (AvgIpc) is 3.34. The molecule has 0 heterocycles. The Balaban J connectivity index is 1.29. The van der Waals surface area contributed by atoms with Gasteiger partial charge in [0.05, 0.1) is 12.5 Å². The monoisotopic (exact) mass is 414 g/mol. The number of halogens is 6. The molecule has 160 valence electrons. The Morgan fingerprint density at radius 1 is 0.893 bits per heavy atom. The highest BCUT2D eigenvalue weighted by Crippen LogP contribution is 2.68. The van der Waals surface area contributed by atoms with Crippen molar-refractivity contribution in [3.8, 4) is 0 Å². The zero-order chi connectivity index (χ0) is 20.5. The molecule has 0 aromatic heterocycles. The fourth-order valence-electron chi connectivity index (χ4n) is 6.89. The predicted molar refractivity (Wildman–Crippen MR) is 84.8 cm³/mol. The summed E-state index contributed by atoms with van der Waals surface area (Å²) in [5.41, 5.74) is -4.78. The highest BCUT2D eigenvalue weighted by molar-refractivity contribution is 5.73. The number of ether oxygens (including phenoxy) is 1. The molecule has 0 spiro atoms. The molecule has 4 aliphatic carbocycles. The van der Waals surface area contributed by atoms with Crippen molar-refractivity contribution in [1.29, 1.82) is 0 Å². The van der Waals surface area contributed by atoms with Gasteiger partial charge in [0.2, 0.25) is 0 Å². The van der Waals surface area contributed by atoms with E-state index in [0.717, 1.165) is 18.8 Å². The fourth-order valence-corrected chi connectivity index (χ4v) is 6.89. The summed E-state index contributed by atoms with van der Waals surface area (Å²) < 4.78 is 81.0. The first-order chi connectivity index (χ1) is 12.9. The third-order valence-corrected chi connectivity index (χ3v) is 7.90. The molecule has 4 saturated carbocycles. The molecule has 7 atom stereocenters. The Morgan fingerprint density at radius 2 is 1.50 bits per heavy atom. The van der Waals surface area contributed by atoms with Gasteiger partial charge in [-0.05, 0) is 80.5 Å². The predicted octanol–water partition coefficient (Wildman–Crippen LogP) is 4.48. The summed E-state index contributed by atoms with van der Waals surface area (Å²) >= 11 is 0. The number of hydrogen-bond acceptors (Lipinski definition) is 3. The lowest BCUT2D eigenvalue weighted by Gasteiger charge is -2.37. The molecule has 0 saturated heterocycles. The van der Waals surface area contributed by atoms with E-state index in [1.54, 1.807) is 0 Å². The van der Waals surface area contributed by atoms with Gasteiger partial charge in [-0.3, -0.25) is 4.79 Å². The van der Waals surface area contributed by atoms with Crippen LogP contribution in [-0.2, 0) is 9.53 Å². The number of fused-ring (bicyclic) bond motifs is 9. The van der Waals surface area contributed by atoms with E-state index in [1.807, 2.05) is 0 Å². The van der Waals surface area contributed by atoms with E-state index >= 15 is 0 Å². The summed E-state index contributed by atoms with van der Waals surface area (Å²) in [4.78, 5) is 12.4. The molecule has 0 radical (unpaired) electrons. The largest absolute Gasteiger partial charge is 0.465 e. The third-order valence-electron chi connectivity index (χ3n) is 7.90. The van der Waals surface area contributed by atoms with Gasteiger partial charge in [0.25, 0.3) is 5.60 Å². The number of rotatable bonds is 5. The number of carbonyl (C=O) groups is 1. The van der Waals surface area contributed by atoms with Crippen LogP contribution >= 0.6 is 0 Å². The van der Waals surface area contributed by atoms with E-state index in [0.29, 0.717) is 23.7 Å². The quantitative estimate of drug-likeness (QED) is 0.312. The topological polar surface area (TPSA) is 46.5 Å². The standard InChI is InChI=1S/C19H24F6O3/c20-18(21,22)17(27,19(23,24)25)4-1-5-28-16(26)13-8-11-7-12(13)15-10-3-2-9(6-10)14(11)15/h9-15,27H,1-8H2. The van der Waals surface area contributed by atoms with E-state index < -0.39 is 43.4 Å². The highest BCUT2D eigenvalue weighted by Gasteiger charge is 2.69. The molecular weight excluding hydrogens is 390 g/mol. The van der Waals surface area contributed by atoms with Crippen molar-refractivity contribution in [3.63, 3.8) is 0 Å². The fraction of sp³-hybridized carbons (Fsp3) is 0.947. The van der Waals surface area contributed by atoms with E-state index in [4.69, 9.17) is 9.84 Å². The molecular formula is C19H24F6O3. The molecule has 3 nitrogen and oxygen atoms in total. The van der Waals surface area contributed by atoms with Crippen molar-refractivity contribution in [1.82, 2.24) is 0 Å². The molecule has 0 aromatic rings. The van der Waals surface area contributed by atoms with Crippen LogP contribution in [-0.4, -0.2) is 35.6 Å². The van der Waals surface area contributed by atoms with Gasteiger partial charge in [-0.15, -0.1) is 0 Å². The maximum Gasteiger partial charge on any atom is 0.426 e. The van der Waals surface area contributed by atoms with Crippen LogP contribution in [0.3, 0.4) is 0 Å². The SMILES string of the molecule is O=C(OCCCC(O)(C(F)(F)F)C(F)(F)F)C1CC2CC1C1C3CCC(C3)C21. The summed E-state index contributed by atoms with van der Waals surface area (Å²) in [5.74, 6) is 2.63. The van der Waals surface area contributed by atoms with Gasteiger partial charge in [0, 0.05) is 0 Å². The molecule has 0 aliphatic heterocycles. The van der Waals surface area contributed by atoms with E-state index in [1.165, 1.54) is 19.3 Å². The molecule has 7 unspecified atom stereocenters. The van der Waals surface area contributed by atoms with E-state index in [9.17, 15) is 31.1 Å². The molecule has 4 fully saturated rings. The van der Waals surface area contributed by atoms with Gasteiger partial charge in [0.15, 0.2) is 0 Å². The molecule has 4 bridgehead atoms. The second-order valence-electron chi connectivity index (χ2n) is 9.12. The summed E-state index contributed by atoms with van der Waals surface area (Å²) in [6, 6.07) is 0. The maximum atomic E-state index is 12.7. The van der Waals surface area contributed by atoms with Gasteiger partial charge in [-0.25, -0.2) is 0 Å². The average molecular weight is 414 g/mol. The Bertz CT molecular complexity index is 616. The molecule has 0 aromatic carbocycles. The van der Waals surface area contributed by atoms with E-state index in [-0.39, 0.29) is 11.8 Å². The van der Waals surface area contributed by atoms with Gasteiger partial charge < -0.3 is 9.84 Å². The minimum absolute atomic E-state index is 0.250. The molecule has 28 heavy (non-hydrogen) atoms. The zero-order valence-corrected chi connectivity index (χ0v) is 15.2. The lowest BCUT2D eigenvalue weighted by molar-refractivity contribution is -0.370. The van der Waals surface area contributed by atoms with Crippen LogP contribution < -0.4 is 0 Å². The van der Waals surface area contributed by atoms with Crippen molar-refractivity contribution in [2.75, 3.05) is 6.61 Å². The Hall–Kier alpha value is -0.990. The summed E-state index contributed by atoms with van der Waals surface area (Å²) in [5, 5.41) is 9.12. The highest BCUT2D eigenvalue weighted by atomic mass is 19.4. The van der Waals surface area contributed by atoms with Crippen LogP contribution in [0.1, 0.15) is 44.9 Å². The summed E-state index contributed by atoms with van der Waals surface area (Å²) in [7, 11) is 0. The number of hydrogen-bond donors (Lipinski definition) is 1. The first kappa shape index (κ1) is 20.3. The lowest BCUT2D eigenvalue weighted by atomic mass is 9.67. The van der Waals surface area contributed by atoms with Crippen LogP contribution in [0.5, 0.6) is 0 Å². The first-order valence-electron chi connectivity index (χ1n) is 9.96. The van der Waals surface area contributed by atoms with Crippen molar-refractivity contribution in [3.05, 3.63) is 0 Å². The van der Waals surface area contributed by atoms with Crippen molar-refractivity contribution >= 4 is 5.97 Å². The van der Waals surface area contributed by atoms with Crippen LogP contribution in [0.15, 0.2) is 0 Å². The summed E-state index contributed by atoms with van der Waals surface area (Å²) in [6.07, 6.45) is -8.55. The molecule has 0 amide bonds. The number of alkyl halides is 6. The van der Waals surface area contributed by atoms with Gasteiger partial charge in [-0.2, -0.15) is 26.3 Å². The Kier molecular flexibility index (Phi) is 4.71. The van der Waals surface area contributed by atoms with Crippen LogP contribution in [0.25, 0.3) is 0 Å². The third kappa shape index (κ3) is 2.94. The summed E-state index contributed by atoms with van der Waals surface area (Å²) in [6.45, 7) is -0.554. The van der Waals surface area contributed by atoms with Crippen LogP contribution in [0.2, 0.25) is 0 Å².